The predicted molar refractivity (Wildman–Crippen MR) is 57.7 cm³/mol. The van der Waals surface area contributed by atoms with Gasteiger partial charge in [0.05, 0.1) is 6.26 Å². The summed E-state index contributed by atoms with van der Waals surface area (Å²) >= 11 is 0. The summed E-state index contributed by atoms with van der Waals surface area (Å²) in [5, 5.41) is 2.79. The van der Waals surface area contributed by atoms with Gasteiger partial charge in [0.1, 0.15) is 0 Å². The molecule has 2 unspecified atom stereocenters. The van der Waals surface area contributed by atoms with Gasteiger partial charge in [0, 0.05) is 19.0 Å². The molecule has 0 heterocycles. The molecule has 0 aromatic carbocycles. The number of nitrogens with one attached hydrogen (secondary N) is 2. The maximum Gasteiger partial charge on any atom is 0.223 e. The van der Waals surface area contributed by atoms with Gasteiger partial charge in [-0.3, -0.25) is 4.79 Å². The summed E-state index contributed by atoms with van der Waals surface area (Å²) in [6.07, 6.45) is 2.73. The van der Waals surface area contributed by atoms with Crippen LogP contribution in [0.3, 0.4) is 0 Å². The van der Waals surface area contributed by atoms with Crippen LogP contribution in [0.4, 0.5) is 0 Å². The van der Waals surface area contributed by atoms with Crippen molar-refractivity contribution in [2.45, 2.75) is 19.8 Å². The van der Waals surface area contributed by atoms with E-state index < -0.39 is 10.0 Å². The van der Waals surface area contributed by atoms with Gasteiger partial charge in [-0.15, -0.1) is 0 Å². The molecule has 0 bridgehead atoms. The van der Waals surface area contributed by atoms with Crippen molar-refractivity contribution in [3.8, 4) is 0 Å². The van der Waals surface area contributed by atoms with E-state index in [0.29, 0.717) is 25.4 Å². The van der Waals surface area contributed by atoms with E-state index in [0.717, 1.165) is 12.7 Å². The summed E-state index contributed by atoms with van der Waals surface area (Å²) in [6, 6.07) is 0. The zero-order chi connectivity index (χ0) is 11.5. The van der Waals surface area contributed by atoms with Crippen LogP contribution in [-0.2, 0) is 14.8 Å². The second-order valence-corrected chi connectivity index (χ2v) is 5.96. The Kier molecular flexibility index (Phi) is 4.10. The molecule has 1 aliphatic rings. The molecule has 6 heteroatoms. The molecule has 0 saturated heterocycles. The maximum atomic E-state index is 11.3. The second-order valence-electron chi connectivity index (χ2n) is 4.13. The number of hydrogen-bond acceptors (Lipinski definition) is 3. The molecular weight excluding hydrogens is 216 g/mol. The molecule has 0 aromatic heterocycles. The first-order valence-electron chi connectivity index (χ1n) is 5.12. The van der Waals surface area contributed by atoms with Gasteiger partial charge in [0.25, 0.3) is 0 Å². The van der Waals surface area contributed by atoms with E-state index in [1.807, 2.05) is 0 Å². The molecular formula is C9H18N2O3S. The highest BCUT2D eigenvalue weighted by Gasteiger charge is 2.38. The normalized spacial score (nSPS) is 24.9. The van der Waals surface area contributed by atoms with Crippen molar-refractivity contribution in [3.63, 3.8) is 0 Å². The van der Waals surface area contributed by atoms with Crippen LogP contribution in [0.5, 0.6) is 0 Å². The molecule has 0 aliphatic heterocycles. The lowest BCUT2D eigenvalue weighted by Gasteiger charge is -2.04. The summed E-state index contributed by atoms with van der Waals surface area (Å²) in [5.41, 5.74) is 0. The Balaban J connectivity index is 2.00. The van der Waals surface area contributed by atoms with E-state index in [1.165, 1.54) is 0 Å². The highest BCUT2D eigenvalue weighted by atomic mass is 32.2. The highest BCUT2D eigenvalue weighted by Crippen LogP contribution is 2.37. The molecule has 2 atom stereocenters. The fourth-order valence-electron chi connectivity index (χ4n) is 1.38. The third-order valence-electron chi connectivity index (χ3n) is 2.46. The quantitative estimate of drug-likeness (QED) is 0.619. The zero-order valence-electron chi connectivity index (χ0n) is 9.12. The highest BCUT2D eigenvalue weighted by molar-refractivity contribution is 7.88. The second kappa shape index (κ2) is 4.94. The first kappa shape index (κ1) is 12.4. The summed E-state index contributed by atoms with van der Waals surface area (Å²) < 4.78 is 23.8. The largest absolute Gasteiger partial charge is 0.356 e. The molecule has 88 valence electrons. The topological polar surface area (TPSA) is 75.3 Å². The van der Waals surface area contributed by atoms with Crippen LogP contribution in [0.25, 0.3) is 0 Å². The van der Waals surface area contributed by atoms with Crippen molar-refractivity contribution in [2.24, 2.45) is 11.8 Å². The lowest BCUT2D eigenvalue weighted by Crippen LogP contribution is -2.30. The molecule has 1 fully saturated rings. The predicted octanol–water partition coefficient (Wildman–Crippen LogP) is -0.302. The fourth-order valence-corrected chi connectivity index (χ4v) is 1.89. The molecule has 1 saturated carbocycles. The molecule has 15 heavy (non-hydrogen) atoms. The van der Waals surface area contributed by atoms with Crippen LogP contribution < -0.4 is 10.0 Å². The lowest BCUT2D eigenvalue weighted by molar-refractivity contribution is -0.122. The molecule has 0 radical (unpaired) electrons. The number of hydrogen-bond donors (Lipinski definition) is 2. The minimum atomic E-state index is -3.10. The zero-order valence-corrected chi connectivity index (χ0v) is 9.93. The molecule has 1 amide bonds. The fraction of sp³-hybridized carbons (Fsp3) is 0.889. The Bertz CT molecular complexity index is 326. The van der Waals surface area contributed by atoms with E-state index in [4.69, 9.17) is 0 Å². The van der Waals surface area contributed by atoms with Crippen LogP contribution >= 0.6 is 0 Å². The Hall–Kier alpha value is -0.620. The Morgan fingerprint density at radius 3 is 2.47 bits per heavy atom. The van der Waals surface area contributed by atoms with Gasteiger partial charge in [-0.1, -0.05) is 6.92 Å². The average Bonchev–Trinajstić information content (AvgIpc) is 2.80. The van der Waals surface area contributed by atoms with Crippen molar-refractivity contribution < 1.29 is 13.2 Å². The van der Waals surface area contributed by atoms with Gasteiger partial charge in [-0.25, -0.2) is 13.1 Å². The van der Waals surface area contributed by atoms with E-state index in [1.54, 1.807) is 0 Å². The van der Waals surface area contributed by atoms with E-state index in [2.05, 4.69) is 17.0 Å². The minimum absolute atomic E-state index is 0.0989. The summed E-state index contributed by atoms with van der Waals surface area (Å²) in [4.78, 5) is 11.3. The number of rotatable bonds is 6. The third kappa shape index (κ3) is 5.13. The standard InChI is InChI=1S/C9H18N2O3S/c1-7-6-8(7)9(12)10-4-3-5-11-15(2,13)14/h7-8,11H,3-6H2,1-2H3,(H,10,12). The lowest BCUT2D eigenvalue weighted by atomic mass is 10.3. The van der Waals surface area contributed by atoms with Crippen molar-refractivity contribution in [2.75, 3.05) is 19.3 Å². The molecule has 5 nitrogen and oxygen atoms in total. The van der Waals surface area contributed by atoms with Gasteiger partial charge < -0.3 is 5.32 Å². The van der Waals surface area contributed by atoms with E-state index in [-0.39, 0.29) is 11.8 Å². The van der Waals surface area contributed by atoms with Crippen LogP contribution in [0.1, 0.15) is 19.8 Å². The van der Waals surface area contributed by atoms with Gasteiger partial charge in [0.15, 0.2) is 0 Å². The third-order valence-corrected chi connectivity index (χ3v) is 3.19. The van der Waals surface area contributed by atoms with Gasteiger partial charge in [-0.05, 0) is 18.8 Å². The van der Waals surface area contributed by atoms with Crippen LogP contribution in [-0.4, -0.2) is 33.7 Å². The van der Waals surface area contributed by atoms with Gasteiger partial charge in [0.2, 0.25) is 15.9 Å². The Morgan fingerprint density at radius 2 is 2.00 bits per heavy atom. The monoisotopic (exact) mass is 234 g/mol. The Morgan fingerprint density at radius 1 is 1.40 bits per heavy atom. The molecule has 1 aliphatic carbocycles. The van der Waals surface area contributed by atoms with Crippen molar-refractivity contribution in [1.29, 1.82) is 0 Å². The molecule has 0 aromatic rings. The first-order chi connectivity index (χ1) is 6.90. The van der Waals surface area contributed by atoms with Crippen LogP contribution in [0, 0.1) is 11.8 Å². The summed E-state index contributed by atoms with van der Waals surface area (Å²) in [5.74, 6) is 0.800. The molecule has 0 spiro atoms. The van der Waals surface area contributed by atoms with Gasteiger partial charge >= 0.3 is 0 Å². The number of sulfonamides is 1. The smallest absolute Gasteiger partial charge is 0.223 e. The molecule has 1 rings (SSSR count). The number of carbonyl (C=O) groups is 1. The number of carbonyl (C=O) groups excluding carboxylic acids is 1. The Labute approximate surface area is 90.7 Å². The summed E-state index contributed by atoms with van der Waals surface area (Å²) in [7, 11) is -3.10. The van der Waals surface area contributed by atoms with E-state index >= 15 is 0 Å². The average molecular weight is 234 g/mol. The first-order valence-corrected chi connectivity index (χ1v) is 7.01. The van der Waals surface area contributed by atoms with Crippen LogP contribution in [0.2, 0.25) is 0 Å². The van der Waals surface area contributed by atoms with Crippen LogP contribution in [0.15, 0.2) is 0 Å². The van der Waals surface area contributed by atoms with Crippen molar-refractivity contribution in [1.82, 2.24) is 10.0 Å². The molecule has 2 N–H and O–H groups in total. The SMILES string of the molecule is CC1CC1C(=O)NCCCNS(C)(=O)=O. The van der Waals surface area contributed by atoms with Crippen molar-refractivity contribution in [3.05, 3.63) is 0 Å². The maximum absolute atomic E-state index is 11.3. The minimum Gasteiger partial charge on any atom is -0.356 e. The van der Waals surface area contributed by atoms with Gasteiger partial charge in [-0.2, -0.15) is 0 Å². The number of amides is 1. The van der Waals surface area contributed by atoms with Crippen molar-refractivity contribution >= 4 is 15.9 Å². The summed E-state index contributed by atoms with van der Waals surface area (Å²) in [6.45, 7) is 2.96. The van der Waals surface area contributed by atoms with E-state index in [9.17, 15) is 13.2 Å².